The number of rotatable bonds is 5. The van der Waals surface area contributed by atoms with E-state index in [0.29, 0.717) is 37.8 Å². The van der Waals surface area contributed by atoms with Gasteiger partial charge in [-0.1, -0.05) is 65.4 Å². The van der Waals surface area contributed by atoms with Crippen molar-refractivity contribution >= 4 is 63.5 Å². The minimum absolute atomic E-state index is 0.121. The molecule has 0 unspecified atom stereocenters. The van der Waals surface area contributed by atoms with Crippen LogP contribution in [0.3, 0.4) is 0 Å². The zero-order valence-corrected chi connectivity index (χ0v) is 17.0. The summed E-state index contributed by atoms with van der Waals surface area (Å²) in [5, 5.41) is 1.00. The van der Waals surface area contributed by atoms with E-state index in [9.17, 15) is 4.79 Å². The maximum Gasteiger partial charge on any atom is 0.266 e. The summed E-state index contributed by atoms with van der Waals surface area (Å²) in [6, 6.07) is 13.0. The van der Waals surface area contributed by atoms with Gasteiger partial charge >= 0.3 is 0 Å². The first-order chi connectivity index (χ1) is 12.5. The summed E-state index contributed by atoms with van der Waals surface area (Å²) in [6.07, 6.45) is 2.41. The lowest BCUT2D eigenvalue weighted by Crippen LogP contribution is -2.30. The molecule has 0 radical (unpaired) electrons. The zero-order chi connectivity index (χ0) is 18.7. The zero-order valence-electron chi connectivity index (χ0n) is 13.9. The molecule has 134 valence electrons. The van der Waals surface area contributed by atoms with Gasteiger partial charge in [-0.3, -0.25) is 9.69 Å². The minimum atomic E-state index is -0.121. The molecule has 0 spiro atoms. The smallest absolute Gasteiger partial charge is 0.266 e. The molecule has 0 aliphatic carbocycles. The fourth-order valence-electron chi connectivity index (χ4n) is 2.51. The Bertz CT molecular complexity index is 861. The number of carbonyl (C=O) groups is 1. The minimum Gasteiger partial charge on any atom is -0.497 e. The molecule has 1 aliphatic heterocycles. The van der Waals surface area contributed by atoms with Crippen LogP contribution in [0.25, 0.3) is 6.08 Å². The first-order valence-corrected chi connectivity index (χ1v) is 9.80. The maximum absolute atomic E-state index is 12.7. The van der Waals surface area contributed by atoms with Gasteiger partial charge in [0.1, 0.15) is 10.1 Å². The van der Waals surface area contributed by atoms with Crippen LogP contribution >= 0.6 is 47.2 Å². The van der Waals surface area contributed by atoms with Crippen LogP contribution in [0.2, 0.25) is 10.0 Å². The van der Waals surface area contributed by atoms with E-state index in [1.54, 1.807) is 36.3 Å². The Labute approximate surface area is 171 Å². The third-order valence-electron chi connectivity index (χ3n) is 3.93. The van der Waals surface area contributed by atoms with Crippen LogP contribution in [0.1, 0.15) is 11.1 Å². The number of ether oxygens (including phenoxy) is 1. The topological polar surface area (TPSA) is 29.5 Å². The van der Waals surface area contributed by atoms with Crippen LogP contribution in [0.5, 0.6) is 5.75 Å². The van der Waals surface area contributed by atoms with Crippen molar-refractivity contribution in [3.8, 4) is 5.75 Å². The fourth-order valence-corrected chi connectivity index (χ4v) is 4.30. The molecular weight excluding hydrogens is 409 g/mol. The van der Waals surface area contributed by atoms with Gasteiger partial charge in [0.25, 0.3) is 5.91 Å². The monoisotopic (exact) mass is 423 g/mol. The van der Waals surface area contributed by atoms with Crippen LogP contribution in [0.15, 0.2) is 47.4 Å². The van der Waals surface area contributed by atoms with E-state index >= 15 is 0 Å². The summed E-state index contributed by atoms with van der Waals surface area (Å²) in [4.78, 5) is 14.8. The van der Waals surface area contributed by atoms with Crippen molar-refractivity contribution in [3.05, 3.63) is 68.5 Å². The highest BCUT2D eigenvalue weighted by Crippen LogP contribution is 2.35. The van der Waals surface area contributed by atoms with Crippen LogP contribution in [0.4, 0.5) is 0 Å². The molecule has 2 aromatic rings. The molecule has 3 nitrogen and oxygen atoms in total. The molecule has 2 aromatic carbocycles. The van der Waals surface area contributed by atoms with Gasteiger partial charge in [-0.2, -0.15) is 0 Å². The first kappa shape index (κ1) is 19.2. The lowest BCUT2D eigenvalue weighted by molar-refractivity contribution is -0.122. The van der Waals surface area contributed by atoms with E-state index < -0.39 is 0 Å². The van der Waals surface area contributed by atoms with Crippen LogP contribution in [-0.2, 0) is 11.2 Å². The Kier molecular flexibility index (Phi) is 6.24. The first-order valence-electron chi connectivity index (χ1n) is 7.82. The third kappa shape index (κ3) is 4.23. The molecule has 1 heterocycles. The summed E-state index contributed by atoms with van der Waals surface area (Å²) in [6.45, 7) is 0.518. The van der Waals surface area contributed by atoms with Gasteiger partial charge in [-0.05, 0) is 42.3 Å². The average molecular weight is 424 g/mol. The maximum atomic E-state index is 12.7. The molecule has 3 rings (SSSR count). The Balaban J connectivity index is 1.73. The summed E-state index contributed by atoms with van der Waals surface area (Å²) < 4.78 is 5.69. The van der Waals surface area contributed by atoms with E-state index in [-0.39, 0.29) is 5.91 Å². The molecule has 1 fully saturated rings. The molecule has 7 heteroatoms. The summed E-state index contributed by atoms with van der Waals surface area (Å²) in [5.74, 6) is 0.684. The number of carbonyl (C=O) groups excluding carboxylic acids is 1. The molecule has 0 N–H and O–H groups in total. The molecule has 0 atom stereocenters. The van der Waals surface area contributed by atoms with Crippen molar-refractivity contribution in [1.82, 2.24) is 4.90 Å². The second-order valence-electron chi connectivity index (χ2n) is 5.57. The number of methoxy groups -OCH3 is 1. The van der Waals surface area contributed by atoms with Gasteiger partial charge in [0.2, 0.25) is 0 Å². The fraction of sp³-hybridized carbons (Fsp3) is 0.158. The van der Waals surface area contributed by atoms with Gasteiger partial charge in [-0.25, -0.2) is 0 Å². The SMILES string of the molecule is COc1ccc(CCN2C(=O)C(=Cc3c(Cl)cccc3Cl)SC2=S)cc1. The Hall–Kier alpha value is -1.53. The number of hydrogen-bond donors (Lipinski definition) is 0. The third-order valence-corrected chi connectivity index (χ3v) is 5.97. The highest BCUT2D eigenvalue weighted by molar-refractivity contribution is 8.26. The number of nitrogens with zero attached hydrogens (tertiary/aromatic N) is 1. The Morgan fingerprint density at radius 1 is 1.15 bits per heavy atom. The van der Waals surface area contributed by atoms with E-state index in [2.05, 4.69) is 0 Å². The standard InChI is InChI=1S/C19H15Cl2NO2S2/c1-24-13-7-5-12(6-8-13)9-10-22-18(23)17(26-19(22)25)11-14-15(20)3-2-4-16(14)21/h2-8,11H,9-10H2,1H3. The highest BCUT2D eigenvalue weighted by atomic mass is 35.5. The predicted molar refractivity (Wildman–Crippen MR) is 113 cm³/mol. The molecule has 1 aliphatic rings. The lowest BCUT2D eigenvalue weighted by Gasteiger charge is -2.14. The summed E-state index contributed by atoms with van der Waals surface area (Å²) in [7, 11) is 1.63. The number of amides is 1. The molecule has 26 heavy (non-hydrogen) atoms. The summed E-state index contributed by atoms with van der Waals surface area (Å²) in [5.41, 5.74) is 1.74. The number of thiocarbonyl (C=S) groups is 1. The molecule has 0 bridgehead atoms. The molecular formula is C19H15Cl2NO2S2. The molecule has 1 amide bonds. The van der Waals surface area contributed by atoms with Crippen molar-refractivity contribution in [2.45, 2.75) is 6.42 Å². The van der Waals surface area contributed by atoms with Gasteiger partial charge in [0, 0.05) is 22.2 Å². The normalized spacial score (nSPS) is 15.8. The summed E-state index contributed by atoms with van der Waals surface area (Å²) >= 11 is 19.0. The van der Waals surface area contributed by atoms with Crippen molar-refractivity contribution in [2.24, 2.45) is 0 Å². The van der Waals surface area contributed by atoms with Gasteiger partial charge in [-0.15, -0.1) is 0 Å². The second kappa shape index (κ2) is 8.44. The molecule has 0 aromatic heterocycles. The number of benzene rings is 2. The number of thioether (sulfide) groups is 1. The quantitative estimate of drug-likeness (QED) is 0.472. The number of halogens is 2. The van der Waals surface area contributed by atoms with Crippen LogP contribution in [-0.4, -0.2) is 28.8 Å². The van der Waals surface area contributed by atoms with Crippen molar-refractivity contribution in [2.75, 3.05) is 13.7 Å². The van der Waals surface area contributed by atoms with Gasteiger partial charge in [0.05, 0.1) is 12.0 Å². The Morgan fingerprint density at radius 3 is 2.42 bits per heavy atom. The molecule has 0 saturated carbocycles. The molecule has 1 saturated heterocycles. The average Bonchev–Trinajstić information content (AvgIpc) is 2.90. The van der Waals surface area contributed by atoms with E-state index in [1.807, 2.05) is 24.3 Å². The second-order valence-corrected chi connectivity index (χ2v) is 8.06. The van der Waals surface area contributed by atoms with Crippen LogP contribution in [0, 0.1) is 0 Å². The lowest BCUT2D eigenvalue weighted by atomic mass is 10.1. The van der Waals surface area contributed by atoms with E-state index in [4.69, 9.17) is 40.2 Å². The number of hydrogen-bond acceptors (Lipinski definition) is 4. The Morgan fingerprint density at radius 2 is 1.81 bits per heavy atom. The largest absolute Gasteiger partial charge is 0.497 e. The predicted octanol–water partition coefficient (Wildman–Crippen LogP) is 5.45. The van der Waals surface area contributed by atoms with E-state index in [1.165, 1.54) is 11.8 Å². The van der Waals surface area contributed by atoms with Crippen LogP contribution < -0.4 is 4.74 Å². The van der Waals surface area contributed by atoms with Gasteiger partial charge in [0.15, 0.2) is 0 Å². The highest BCUT2D eigenvalue weighted by Gasteiger charge is 2.31. The van der Waals surface area contributed by atoms with Crippen molar-refractivity contribution in [1.29, 1.82) is 0 Å². The van der Waals surface area contributed by atoms with Crippen molar-refractivity contribution < 1.29 is 9.53 Å². The van der Waals surface area contributed by atoms with Crippen molar-refractivity contribution in [3.63, 3.8) is 0 Å². The van der Waals surface area contributed by atoms with Gasteiger partial charge < -0.3 is 4.74 Å². The van der Waals surface area contributed by atoms with E-state index in [0.717, 1.165) is 11.3 Å².